The Kier molecular flexibility index (Phi) is 6.46. The van der Waals surface area contributed by atoms with E-state index in [1.165, 1.54) is 5.57 Å². The van der Waals surface area contributed by atoms with E-state index in [4.69, 9.17) is 18.9 Å². The first-order chi connectivity index (χ1) is 16.7. The van der Waals surface area contributed by atoms with Crippen molar-refractivity contribution >= 4 is 12.0 Å². The molecule has 0 bridgehead atoms. The van der Waals surface area contributed by atoms with Gasteiger partial charge in [0.15, 0.2) is 0 Å². The summed E-state index contributed by atoms with van der Waals surface area (Å²) in [6, 6.07) is 0. The molecule has 0 N–H and O–H groups in total. The molecular weight excluding hydrogens is 448 g/mol. The molecule has 196 valence electrons. The Morgan fingerprint density at radius 1 is 1.17 bits per heavy atom. The van der Waals surface area contributed by atoms with Crippen LogP contribution in [0.3, 0.4) is 0 Å². The molecular formula is C27H42N2O6. The first kappa shape index (κ1) is 25.0. The molecule has 3 saturated heterocycles. The zero-order chi connectivity index (χ0) is 25.1. The predicted octanol–water partition coefficient (Wildman–Crippen LogP) is 3.25. The van der Waals surface area contributed by atoms with Crippen LogP contribution in [0.2, 0.25) is 0 Å². The van der Waals surface area contributed by atoms with E-state index in [0.29, 0.717) is 19.7 Å². The van der Waals surface area contributed by atoms with E-state index in [0.717, 1.165) is 32.4 Å². The Balaban J connectivity index is 1.20. The molecule has 8 nitrogen and oxygen atoms in total. The number of nitrogens with zero attached hydrogens (tertiary/aromatic N) is 2. The van der Waals surface area contributed by atoms with E-state index < -0.39 is 0 Å². The number of rotatable bonds is 8. The maximum absolute atomic E-state index is 13.1. The molecule has 5 fully saturated rings. The van der Waals surface area contributed by atoms with Gasteiger partial charge in [0.05, 0.1) is 18.6 Å². The van der Waals surface area contributed by atoms with Gasteiger partial charge >= 0.3 is 6.09 Å². The standard InChI is InChI=1S/C27H42N2O6/c1-7-28(8-2)24(30)21-17-13-29(14-18(17)21)25(31)34-19-11-12-27(15-33-27)23(22(19)32-6)26(5)20(35-26)10-9-16(3)4/h9,17-23H,7-8,10-15H2,1-6H3/t17-,18+,19-,20-,21+,22-,23?,26+,27+/m1/s1. The van der Waals surface area contributed by atoms with Crippen LogP contribution in [0.25, 0.3) is 0 Å². The molecule has 0 aromatic rings. The van der Waals surface area contributed by atoms with Gasteiger partial charge in [0.25, 0.3) is 0 Å². The van der Waals surface area contributed by atoms with Crippen LogP contribution in [-0.2, 0) is 23.7 Å². The van der Waals surface area contributed by atoms with Crippen molar-refractivity contribution in [3.63, 3.8) is 0 Å². The molecule has 5 rings (SSSR count). The summed E-state index contributed by atoms with van der Waals surface area (Å²) in [5.74, 6) is 0.866. The highest BCUT2D eigenvalue weighted by atomic mass is 16.6. The van der Waals surface area contributed by atoms with Crippen LogP contribution in [-0.4, -0.2) is 91.2 Å². The topological polar surface area (TPSA) is 84.1 Å². The number of allylic oxidation sites excluding steroid dienone is 1. The number of carbonyl (C=O) groups is 2. The lowest BCUT2D eigenvalue weighted by Crippen LogP contribution is -2.56. The van der Waals surface area contributed by atoms with E-state index in [-0.39, 0.29) is 65.2 Å². The Hall–Kier alpha value is -1.64. The molecule has 2 saturated carbocycles. The third-order valence-electron chi connectivity index (χ3n) is 9.30. The number of ether oxygens (including phenoxy) is 4. The monoisotopic (exact) mass is 490 g/mol. The summed E-state index contributed by atoms with van der Waals surface area (Å²) >= 11 is 0. The van der Waals surface area contributed by atoms with E-state index in [1.54, 1.807) is 12.0 Å². The number of epoxide rings is 2. The van der Waals surface area contributed by atoms with E-state index >= 15 is 0 Å². The lowest BCUT2D eigenvalue weighted by atomic mass is 9.68. The molecule has 0 radical (unpaired) electrons. The average molecular weight is 491 g/mol. The number of carbonyl (C=O) groups excluding carboxylic acids is 2. The Morgan fingerprint density at radius 3 is 2.37 bits per heavy atom. The highest BCUT2D eigenvalue weighted by molar-refractivity contribution is 5.83. The van der Waals surface area contributed by atoms with E-state index in [2.05, 4.69) is 26.8 Å². The highest BCUT2D eigenvalue weighted by Gasteiger charge is 2.72. The molecule has 0 aromatic heterocycles. The molecule has 0 aromatic carbocycles. The van der Waals surface area contributed by atoms with Crippen molar-refractivity contribution in [2.24, 2.45) is 23.7 Å². The van der Waals surface area contributed by atoms with Gasteiger partial charge in [0.1, 0.15) is 23.4 Å². The molecule has 2 amide bonds. The number of piperidine rings is 1. The van der Waals surface area contributed by atoms with Crippen molar-refractivity contribution in [2.75, 3.05) is 39.9 Å². The lowest BCUT2D eigenvalue weighted by molar-refractivity contribution is -0.133. The second-order valence-corrected chi connectivity index (χ2v) is 11.6. The predicted molar refractivity (Wildman–Crippen MR) is 130 cm³/mol. The van der Waals surface area contributed by atoms with Gasteiger partial charge in [-0.05, 0) is 65.7 Å². The van der Waals surface area contributed by atoms with Gasteiger partial charge in [0.2, 0.25) is 5.91 Å². The minimum absolute atomic E-state index is 0.0187. The summed E-state index contributed by atoms with van der Waals surface area (Å²) in [6.07, 6.45) is 3.89. The van der Waals surface area contributed by atoms with Crippen LogP contribution < -0.4 is 0 Å². The van der Waals surface area contributed by atoms with Crippen LogP contribution in [0.5, 0.6) is 0 Å². The quantitative estimate of drug-likeness (QED) is 0.384. The van der Waals surface area contributed by atoms with Gasteiger partial charge in [-0.25, -0.2) is 4.79 Å². The second-order valence-electron chi connectivity index (χ2n) is 11.6. The van der Waals surface area contributed by atoms with Gasteiger partial charge < -0.3 is 28.7 Å². The molecule has 8 heteroatoms. The zero-order valence-corrected chi connectivity index (χ0v) is 22.1. The average Bonchev–Trinajstić information content (AvgIpc) is 3.79. The Labute approximate surface area is 209 Å². The van der Waals surface area contributed by atoms with Crippen molar-refractivity contribution in [2.45, 2.75) is 83.4 Å². The Morgan fingerprint density at radius 2 is 1.83 bits per heavy atom. The molecule has 2 aliphatic carbocycles. The minimum Gasteiger partial charge on any atom is -0.443 e. The van der Waals surface area contributed by atoms with E-state index in [1.807, 2.05) is 18.7 Å². The largest absolute Gasteiger partial charge is 0.443 e. The lowest BCUT2D eigenvalue weighted by Gasteiger charge is -2.43. The van der Waals surface area contributed by atoms with Crippen molar-refractivity contribution in [1.82, 2.24) is 9.80 Å². The molecule has 3 heterocycles. The normalized spacial score (nSPS) is 42.9. The van der Waals surface area contributed by atoms with Crippen molar-refractivity contribution < 1.29 is 28.5 Å². The van der Waals surface area contributed by atoms with Crippen LogP contribution in [0, 0.1) is 23.7 Å². The molecule has 5 aliphatic rings. The molecule has 1 unspecified atom stereocenters. The fraction of sp³-hybridized carbons (Fsp3) is 0.852. The first-order valence-electron chi connectivity index (χ1n) is 13.4. The van der Waals surface area contributed by atoms with Crippen molar-refractivity contribution in [3.8, 4) is 0 Å². The van der Waals surface area contributed by atoms with Crippen LogP contribution in [0.1, 0.15) is 53.9 Å². The zero-order valence-electron chi connectivity index (χ0n) is 22.1. The fourth-order valence-corrected chi connectivity index (χ4v) is 7.06. The van der Waals surface area contributed by atoms with Gasteiger partial charge in [-0.2, -0.15) is 0 Å². The summed E-state index contributed by atoms with van der Waals surface area (Å²) in [4.78, 5) is 29.5. The molecule has 35 heavy (non-hydrogen) atoms. The SMILES string of the molecule is CCN(CC)C(=O)[C@H]1[C@@H]2CN(C(=O)O[C@@H]3CC[C@]4(CO4)C([C@@]4(C)O[C@@H]4CC=C(C)C)[C@@H]3OC)C[C@@H]21. The smallest absolute Gasteiger partial charge is 0.410 e. The maximum Gasteiger partial charge on any atom is 0.410 e. The van der Waals surface area contributed by atoms with E-state index in [9.17, 15) is 9.59 Å². The number of hydrogen-bond donors (Lipinski definition) is 0. The number of amides is 2. The van der Waals surface area contributed by atoms with Gasteiger partial charge in [-0.1, -0.05) is 11.6 Å². The maximum atomic E-state index is 13.1. The second kappa shape index (κ2) is 9.03. The highest BCUT2D eigenvalue weighted by Crippen LogP contribution is 2.60. The van der Waals surface area contributed by atoms with Crippen LogP contribution >= 0.6 is 0 Å². The number of fused-ring (bicyclic) bond motifs is 1. The van der Waals surface area contributed by atoms with Gasteiger partial charge in [-0.3, -0.25) is 4.79 Å². The summed E-state index contributed by atoms with van der Waals surface area (Å²) in [6.45, 7) is 13.8. The summed E-state index contributed by atoms with van der Waals surface area (Å²) in [7, 11) is 1.70. The summed E-state index contributed by atoms with van der Waals surface area (Å²) < 4.78 is 24.3. The number of methoxy groups -OCH3 is 1. The summed E-state index contributed by atoms with van der Waals surface area (Å²) in [5, 5.41) is 0. The fourth-order valence-electron chi connectivity index (χ4n) is 7.06. The van der Waals surface area contributed by atoms with Gasteiger partial charge in [-0.15, -0.1) is 0 Å². The van der Waals surface area contributed by atoms with Gasteiger partial charge in [0, 0.05) is 39.2 Å². The van der Waals surface area contributed by atoms with Crippen LogP contribution in [0.4, 0.5) is 4.79 Å². The summed E-state index contributed by atoms with van der Waals surface area (Å²) in [5.41, 5.74) is 0.705. The number of likely N-dealkylation sites (tertiary alicyclic amines) is 1. The third-order valence-corrected chi connectivity index (χ3v) is 9.30. The molecule has 9 atom stereocenters. The number of hydrogen-bond acceptors (Lipinski definition) is 6. The van der Waals surface area contributed by atoms with Crippen molar-refractivity contribution in [1.29, 1.82) is 0 Å². The molecule has 3 aliphatic heterocycles. The Bertz CT molecular complexity index is 867. The third kappa shape index (κ3) is 4.29. The minimum atomic E-state index is -0.346. The van der Waals surface area contributed by atoms with Crippen molar-refractivity contribution in [3.05, 3.63) is 11.6 Å². The van der Waals surface area contributed by atoms with Crippen LogP contribution in [0.15, 0.2) is 11.6 Å². The first-order valence-corrected chi connectivity index (χ1v) is 13.4. The molecule has 1 spiro atoms.